The van der Waals surface area contributed by atoms with Gasteiger partial charge in [0.15, 0.2) is 0 Å². The number of carbonyl (C=O) groups excluding carboxylic acids is 8. The van der Waals surface area contributed by atoms with Gasteiger partial charge in [-0.15, -0.1) is 0 Å². The summed E-state index contributed by atoms with van der Waals surface area (Å²) in [6.07, 6.45) is -0.330. The number of amides is 8. The summed E-state index contributed by atoms with van der Waals surface area (Å²) in [5.41, 5.74) is 0.299. The molecule has 2 aliphatic rings. The number of rotatable bonds is 17. The number of fused-ring (bicyclic) bond motifs is 1. The highest BCUT2D eigenvalue weighted by Gasteiger charge is 2.41. The van der Waals surface area contributed by atoms with E-state index in [-0.39, 0.29) is 31.6 Å². The molecule has 2 saturated heterocycles. The average molecular weight is 975 g/mol. The summed E-state index contributed by atoms with van der Waals surface area (Å²) in [5, 5.41) is 66.4. The number of aliphatic hydroxyl groups is 1. The van der Waals surface area contributed by atoms with E-state index in [0.717, 1.165) is 30.6 Å². The molecule has 0 saturated carbocycles. The summed E-state index contributed by atoms with van der Waals surface area (Å²) in [7, 11) is 0. The van der Waals surface area contributed by atoms with Gasteiger partial charge in [-0.05, 0) is 57.2 Å². The Labute approximate surface area is 398 Å². The molecular weight excluding hydrogens is 909 g/mol. The summed E-state index contributed by atoms with van der Waals surface area (Å²) in [6.45, 7) is 4.48. The first-order chi connectivity index (χ1) is 32.6. The summed E-state index contributed by atoms with van der Waals surface area (Å²) in [5.74, 6) is -12.9. The molecular formula is C45H66N8O16. The normalized spacial score (nSPS) is 25.5. The Morgan fingerprint density at radius 1 is 0.652 bits per heavy atom. The van der Waals surface area contributed by atoms with Crippen molar-refractivity contribution in [3.05, 3.63) is 29.8 Å². The standard InChI is InChI=1S/C45H66N8O16/c1-4-5-6-7-8-9-11-27-21-34(56)48-31(22-36(59)60)41(65)50-30(20-26-13-15-28(55)16-14-26)40(64)51-32(23-37(61)62)42(66)49-29(17-18-35(57)58)45(69)53-19-10-12-33(53)43(67)46-24(2)39(63)52-38(25(3)54)44(68)47-27/h13-16,24-25,27,29-33,38,54-55H,4-12,17-23H2,1-3H3,(H,46,67)(H,47,68)(H,48,56)(H,49,66)(H,50,65)(H,51,64)(H,52,63)(H,57,58)(H,59,60)(H,61,62). The zero-order valence-electron chi connectivity index (χ0n) is 39.0. The van der Waals surface area contributed by atoms with Crippen molar-refractivity contribution in [2.24, 2.45) is 0 Å². The molecule has 0 spiro atoms. The highest BCUT2D eigenvalue weighted by Crippen LogP contribution is 2.21. The molecule has 3 rings (SSSR count). The van der Waals surface area contributed by atoms with Crippen LogP contribution in [-0.4, -0.2) is 157 Å². The van der Waals surface area contributed by atoms with Crippen LogP contribution in [0.4, 0.5) is 0 Å². The summed E-state index contributed by atoms with van der Waals surface area (Å²) in [4.78, 5) is 148. The van der Waals surface area contributed by atoms with Crippen LogP contribution < -0.4 is 37.2 Å². The summed E-state index contributed by atoms with van der Waals surface area (Å²) in [6, 6.07) is -7.26. The van der Waals surface area contributed by atoms with Gasteiger partial charge in [0.2, 0.25) is 47.3 Å². The number of carbonyl (C=O) groups is 11. The molecule has 1 aromatic carbocycles. The second-order valence-electron chi connectivity index (χ2n) is 17.4. The van der Waals surface area contributed by atoms with Crippen molar-refractivity contribution in [2.45, 2.75) is 172 Å². The van der Waals surface area contributed by atoms with Gasteiger partial charge in [0.1, 0.15) is 48.0 Å². The number of phenolic OH excluding ortho intramolecular Hbond substituents is 1. The first kappa shape index (κ1) is 56.5. The molecule has 9 unspecified atom stereocenters. The number of carboxylic acids is 3. The van der Waals surface area contributed by atoms with E-state index in [1.807, 2.05) is 6.92 Å². The number of benzene rings is 1. The van der Waals surface area contributed by atoms with Crippen molar-refractivity contribution in [1.29, 1.82) is 0 Å². The van der Waals surface area contributed by atoms with Crippen LogP contribution >= 0.6 is 0 Å². The van der Waals surface area contributed by atoms with Crippen LogP contribution in [0.1, 0.15) is 116 Å². The lowest BCUT2D eigenvalue weighted by atomic mass is 10.0. The molecule has 24 heteroatoms. The number of aliphatic carboxylic acids is 3. The highest BCUT2D eigenvalue weighted by atomic mass is 16.4. The van der Waals surface area contributed by atoms with Crippen molar-refractivity contribution in [1.82, 2.24) is 42.1 Å². The maximum atomic E-state index is 14.1. The summed E-state index contributed by atoms with van der Waals surface area (Å²) >= 11 is 0. The van der Waals surface area contributed by atoms with E-state index in [4.69, 9.17) is 0 Å². The number of hydrogen-bond donors (Lipinski definition) is 12. The number of hydrogen-bond acceptors (Lipinski definition) is 13. The van der Waals surface area contributed by atoms with Crippen molar-refractivity contribution < 1.29 is 78.3 Å². The van der Waals surface area contributed by atoms with E-state index in [1.165, 1.54) is 38.1 Å². The van der Waals surface area contributed by atoms with Crippen LogP contribution in [0, 0.1) is 0 Å². The SMILES string of the molecule is CCCCCCCCC1CC(=O)NC(CC(=O)O)C(=O)NC(Cc2ccc(O)cc2)C(=O)NC(CC(=O)O)C(=O)NC(CCC(=O)O)C(=O)N2CCCC2C(=O)NC(C)C(=O)NC(C(C)O)C(=O)N1. The Bertz CT molecular complexity index is 2020. The molecule has 9 atom stereocenters. The number of unbranched alkanes of at least 4 members (excludes halogenated alkanes) is 5. The smallest absolute Gasteiger partial charge is 0.305 e. The maximum Gasteiger partial charge on any atom is 0.305 e. The zero-order valence-corrected chi connectivity index (χ0v) is 39.0. The predicted octanol–water partition coefficient (Wildman–Crippen LogP) is -1.31. The lowest BCUT2D eigenvalue weighted by molar-refractivity contribution is -0.144. The van der Waals surface area contributed by atoms with Gasteiger partial charge in [-0.3, -0.25) is 52.7 Å². The second kappa shape index (κ2) is 27.8. The van der Waals surface area contributed by atoms with Crippen molar-refractivity contribution in [3.8, 4) is 5.75 Å². The fourth-order valence-corrected chi connectivity index (χ4v) is 7.91. The molecule has 0 aromatic heterocycles. The minimum absolute atomic E-state index is 0.0602. The van der Waals surface area contributed by atoms with Gasteiger partial charge in [0, 0.05) is 31.8 Å². The van der Waals surface area contributed by atoms with Crippen molar-refractivity contribution in [3.63, 3.8) is 0 Å². The van der Waals surface area contributed by atoms with E-state index in [1.54, 1.807) is 0 Å². The second-order valence-corrected chi connectivity index (χ2v) is 17.4. The fraction of sp³-hybridized carbons (Fsp3) is 0.622. The van der Waals surface area contributed by atoms with Crippen LogP contribution in [0.15, 0.2) is 24.3 Å². The molecule has 2 fully saturated rings. The first-order valence-corrected chi connectivity index (χ1v) is 23.1. The van der Waals surface area contributed by atoms with E-state index < -0.39 is 158 Å². The van der Waals surface area contributed by atoms with Gasteiger partial charge in [-0.25, -0.2) is 0 Å². The Balaban J connectivity index is 2.13. The van der Waals surface area contributed by atoms with Crippen molar-refractivity contribution >= 4 is 65.2 Å². The number of aromatic hydroxyl groups is 1. The minimum Gasteiger partial charge on any atom is -0.508 e. The van der Waals surface area contributed by atoms with Gasteiger partial charge in [0.05, 0.1) is 18.9 Å². The van der Waals surface area contributed by atoms with Crippen LogP contribution in [0.25, 0.3) is 0 Å². The maximum absolute atomic E-state index is 14.1. The molecule has 1 aromatic rings. The third-order valence-corrected chi connectivity index (χ3v) is 11.7. The van der Waals surface area contributed by atoms with Crippen LogP contribution in [-0.2, 0) is 59.2 Å². The molecule has 2 aliphatic heterocycles. The van der Waals surface area contributed by atoms with Gasteiger partial charge in [-0.2, -0.15) is 0 Å². The molecule has 12 N–H and O–H groups in total. The van der Waals surface area contributed by atoms with Crippen LogP contribution in [0.3, 0.4) is 0 Å². The molecule has 69 heavy (non-hydrogen) atoms. The molecule has 0 radical (unpaired) electrons. The summed E-state index contributed by atoms with van der Waals surface area (Å²) < 4.78 is 0. The Kier molecular flexibility index (Phi) is 22.8. The Morgan fingerprint density at radius 2 is 1.22 bits per heavy atom. The first-order valence-electron chi connectivity index (χ1n) is 23.1. The van der Waals surface area contributed by atoms with Gasteiger partial charge in [-0.1, -0.05) is 57.6 Å². The molecule has 8 amide bonds. The Morgan fingerprint density at radius 3 is 1.81 bits per heavy atom. The molecule has 2 heterocycles. The van der Waals surface area contributed by atoms with Gasteiger partial charge in [0.25, 0.3) is 0 Å². The third kappa shape index (κ3) is 19.0. The lowest BCUT2D eigenvalue weighted by Crippen LogP contribution is -2.60. The number of phenols is 1. The highest BCUT2D eigenvalue weighted by molar-refractivity contribution is 5.99. The van der Waals surface area contributed by atoms with E-state index >= 15 is 0 Å². The molecule has 0 aliphatic carbocycles. The Hall–Kier alpha value is -6.85. The van der Waals surface area contributed by atoms with Crippen molar-refractivity contribution in [2.75, 3.05) is 6.54 Å². The van der Waals surface area contributed by atoms with Gasteiger partial charge < -0.3 is 67.7 Å². The van der Waals surface area contributed by atoms with Gasteiger partial charge >= 0.3 is 17.9 Å². The fourth-order valence-electron chi connectivity index (χ4n) is 7.91. The minimum atomic E-state index is -1.99. The van der Waals surface area contributed by atoms with E-state index in [2.05, 4.69) is 37.2 Å². The lowest BCUT2D eigenvalue weighted by Gasteiger charge is -2.30. The van der Waals surface area contributed by atoms with Crippen LogP contribution in [0.5, 0.6) is 5.75 Å². The number of carboxylic acid groups (broad SMARTS) is 3. The predicted molar refractivity (Wildman–Crippen MR) is 241 cm³/mol. The molecule has 24 nitrogen and oxygen atoms in total. The van der Waals surface area contributed by atoms with E-state index in [9.17, 15) is 78.3 Å². The number of aliphatic hydroxyl groups excluding tert-OH is 1. The molecule has 382 valence electrons. The quantitative estimate of drug-likeness (QED) is 0.0807. The third-order valence-electron chi connectivity index (χ3n) is 11.7. The number of nitrogens with one attached hydrogen (secondary N) is 7. The monoisotopic (exact) mass is 974 g/mol. The zero-order chi connectivity index (χ0) is 51.4. The largest absolute Gasteiger partial charge is 0.508 e. The molecule has 0 bridgehead atoms. The van der Waals surface area contributed by atoms with E-state index in [0.29, 0.717) is 18.4 Å². The van der Waals surface area contributed by atoms with Crippen LogP contribution in [0.2, 0.25) is 0 Å². The topological polar surface area (TPSA) is 376 Å². The average Bonchev–Trinajstić information content (AvgIpc) is 3.77. The number of nitrogens with zero attached hydrogens (tertiary/aromatic N) is 1.